The van der Waals surface area contributed by atoms with E-state index in [1.54, 1.807) is 6.92 Å². The normalized spacial score (nSPS) is 10.1. The molecule has 3 heteroatoms. The summed E-state index contributed by atoms with van der Waals surface area (Å²) in [6.45, 7) is 1.60. The first-order chi connectivity index (χ1) is 6.19. The number of ketones is 1. The number of halogens is 2. The molecule has 1 rings (SSSR count). The van der Waals surface area contributed by atoms with Gasteiger partial charge in [-0.05, 0) is 24.1 Å². The first-order valence-corrected chi connectivity index (χ1v) is 6.18. The molecule has 0 unspecified atom stereocenters. The number of hydrogen-bond acceptors (Lipinski definition) is 1. The van der Waals surface area contributed by atoms with Crippen molar-refractivity contribution in [3.8, 4) is 0 Å². The molecule has 70 valence electrons. The second-order valence-corrected chi connectivity index (χ2v) is 3.94. The van der Waals surface area contributed by atoms with E-state index in [0.29, 0.717) is 0 Å². The molecule has 0 aliphatic carbocycles. The lowest BCUT2D eigenvalue weighted by atomic mass is 10.0. The Morgan fingerprint density at radius 3 is 2.46 bits per heavy atom. The third-order valence-corrected chi connectivity index (χ3v) is 3.10. The lowest BCUT2D eigenvalue weighted by Crippen LogP contribution is -1.98. The second-order valence-electron chi connectivity index (χ2n) is 2.81. The topological polar surface area (TPSA) is 17.1 Å². The average molecular weight is 306 g/mol. The number of rotatable bonds is 3. The molecule has 0 radical (unpaired) electrons. The summed E-state index contributed by atoms with van der Waals surface area (Å²) < 4.78 is 0. The van der Waals surface area contributed by atoms with Gasteiger partial charge in [0.15, 0.2) is 5.78 Å². The maximum absolute atomic E-state index is 11.3. The number of Topliss-reactive ketones (excluding diaryl/α,β-unsaturated/α-hetero) is 1. The zero-order valence-corrected chi connectivity index (χ0v) is 10.5. The van der Waals surface area contributed by atoms with Crippen molar-refractivity contribution >= 4 is 37.6 Å². The third-order valence-electron chi connectivity index (χ3n) is 1.85. The van der Waals surface area contributed by atoms with E-state index >= 15 is 0 Å². The van der Waals surface area contributed by atoms with Gasteiger partial charge in [0.25, 0.3) is 0 Å². The second kappa shape index (κ2) is 4.91. The Hall–Kier alpha value is -0.150. The summed E-state index contributed by atoms with van der Waals surface area (Å²) in [6.07, 6.45) is 0. The average Bonchev–Trinajstić information content (AvgIpc) is 2.16. The van der Waals surface area contributed by atoms with Crippen LogP contribution < -0.4 is 0 Å². The number of alkyl halides is 2. The van der Waals surface area contributed by atoms with Crippen molar-refractivity contribution in [3.63, 3.8) is 0 Å². The number of hydrogen-bond donors (Lipinski definition) is 0. The molecule has 0 saturated heterocycles. The van der Waals surface area contributed by atoms with Gasteiger partial charge in [-0.25, -0.2) is 0 Å². The Bertz CT molecular complexity index is 321. The molecule has 1 nitrogen and oxygen atoms in total. The highest BCUT2D eigenvalue weighted by Crippen LogP contribution is 2.17. The molecular formula is C10H10Br2O. The van der Waals surface area contributed by atoms with Crippen LogP contribution in [-0.4, -0.2) is 5.78 Å². The van der Waals surface area contributed by atoms with Gasteiger partial charge in [0.1, 0.15) is 0 Å². The van der Waals surface area contributed by atoms with Crippen molar-refractivity contribution in [1.82, 2.24) is 0 Å². The predicted molar refractivity (Wildman–Crippen MR) is 61.7 cm³/mol. The highest BCUT2D eigenvalue weighted by atomic mass is 79.9. The van der Waals surface area contributed by atoms with Crippen LogP contribution in [0.3, 0.4) is 0 Å². The molecule has 0 heterocycles. The maximum atomic E-state index is 11.3. The van der Waals surface area contributed by atoms with Crippen LogP contribution in [0.2, 0.25) is 0 Å². The Kier molecular flexibility index (Phi) is 4.13. The van der Waals surface area contributed by atoms with Crippen LogP contribution in [0.1, 0.15) is 28.4 Å². The van der Waals surface area contributed by atoms with Crippen molar-refractivity contribution in [2.45, 2.75) is 17.6 Å². The summed E-state index contributed by atoms with van der Waals surface area (Å²) in [5, 5.41) is 1.51. The van der Waals surface area contributed by atoms with Crippen LogP contribution in [-0.2, 0) is 10.7 Å². The first-order valence-electron chi connectivity index (χ1n) is 3.93. The SMILES string of the molecule is CC(=O)c1cc(CBr)ccc1CBr. The fraction of sp³-hybridized carbons (Fsp3) is 0.300. The Morgan fingerprint density at radius 1 is 1.31 bits per heavy atom. The van der Waals surface area contributed by atoms with Gasteiger partial charge in [-0.2, -0.15) is 0 Å². The van der Waals surface area contributed by atoms with Crippen molar-refractivity contribution in [1.29, 1.82) is 0 Å². The molecule has 0 saturated carbocycles. The van der Waals surface area contributed by atoms with Gasteiger partial charge in [-0.3, -0.25) is 4.79 Å². The largest absolute Gasteiger partial charge is 0.295 e. The molecule has 13 heavy (non-hydrogen) atoms. The molecule has 0 bridgehead atoms. The fourth-order valence-electron chi connectivity index (χ4n) is 1.15. The minimum Gasteiger partial charge on any atom is -0.295 e. The van der Waals surface area contributed by atoms with Crippen molar-refractivity contribution in [3.05, 3.63) is 34.9 Å². The van der Waals surface area contributed by atoms with E-state index in [2.05, 4.69) is 31.9 Å². The van der Waals surface area contributed by atoms with Crippen molar-refractivity contribution in [2.75, 3.05) is 0 Å². The Labute approximate surface area is 94.8 Å². The molecule has 0 aliphatic rings. The van der Waals surface area contributed by atoms with E-state index in [1.807, 2.05) is 18.2 Å². The van der Waals surface area contributed by atoms with Crippen molar-refractivity contribution < 1.29 is 4.79 Å². The van der Waals surface area contributed by atoms with Gasteiger partial charge in [0.2, 0.25) is 0 Å². The maximum Gasteiger partial charge on any atom is 0.160 e. The Morgan fingerprint density at radius 2 is 2.00 bits per heavy atom. The predicted octanol–water partition coefficient (Wildman–Crippen LogP) is 3.68. The minimum atomic E-state index is 0.122. The molecular weight excluding hydrogens is 296 g/mol. The summed E-state index contributed by atoms with van der Waals surface area (Å²) in [6, 6.07) is 5.95. The smallest absolute Gasteiger partial charge is 0.160 e. The summed E-state index contributed by atoms with van der Waals surface area (Å²) in [5.74, 6) is 0.122. The van der Waals surface area contributed by atoms with E-state index in [1.165, 1.54) is 0 Å². The zero-order chi connectivity index (χ0) is 9.84. The van der Waals surface area contributed by atoms with Crippen LogP contribution in [0.5, 0.6) is 0 Å². The van der Waals surface area contributed by atoms with Gasteiger partial charge in [0, 0.05) is 16.2 Å². The summed E-state index contributed by atoms with van der Waals surface area (Å²) in [4.78, 5) is 11.3. The third kappa shape index (κ3) is 2.64. The fourth-order valence-corrected chi connectivity index (χ4v) is 1.99. The molecule has 0 atom stereocenters. The van der Waals surface area contributed by atoms with Crippen LogP contribution >= 0.6 is 31.9 Å². The van der Waals surface area contributed by atoms with Gasteiger partial charge in [-0.1, -0.05) is 44.0 Å². The van der Waals surface area contributed by atoms with Crippen LogP contribution in [0.25, 0.3) is 0 Å². The van der Waals surface area contributed by atoms with E-state index in [4.69, 9.17) is 0 Å². The summed E-state index contributed by atoms with van der Waals surface area (Å²) in [5.41, 5.74) is 3.00. The lowest BCUT2D eigenvalue weighted by molar-refractivity contribution is 0.101. The van der Waals surface area contributed by atoms with Crippen LogP contribution in [0.15, 0.2) is 18.2 Å². The van der Waals surface area contributed by atoms with Gasteiger partial charge in [-0.15, -0.1) is 0 Å². The number of carbonyl (C=O) groups is 1. The first kappa shape index (κ1) is 10.9. The minimum absolute atomic E-state index is 0.122. The van der Waals surface area contributed by atoms with Crippen LogP contribution in [0, 0.1) is 0 Å². The summed E-state index contributed by atoms with van der Waals surface area (Å²) in [7, 11) is 0. The zero-order valence-electron chi connectivity index (χ0n) is 7.31. The highest BCUT2D eigenvalue weighted by Gasteiger charge is 2.06. The standard InChI is InChI=1S/C10H10Br2O/c1-7(13)10-4-8(5-11)2-3-9(10)6-12/h2-4H,5-6H2,1H3. The lowest BCUT2D eigenvalue weighted by Gasteiger charge is -2.05. The highest BCUT2D eigenvalue weighted by molar-refractivity contribution is 9.08. The quantitative estimate of drug-likeness (QED) is 0.615. The molecule has 1 aromatic carbocycles. The van der Waals surface area contributed by atoms with Gasteiger partial charge < -0.3 is 0 Å². The molecule has 0 amide bonds. The van der Waals surface area contributed by atoms with Crippen LogP contribution in [0.4, 0.5) is 0 Å². The van der Waals surface area contributed by atoms with E-state index in [9.17, 15) is 4.79 Å². The number of benzene rings is 1. The van der Waals surface area contributed by atoms with Gasteiger partial charge in [0.05, 0.1) is 0 Å². The van der Waals surface area contributed by atoms with E-state index in [-0.39, 0.29) is 5.78 Å². The number of carbonyl (C=O) groups excluding carboxylic acids is 1. The molecule has 0 aromatic heterocycles. The van der Waals surface area contributed by atoms with E-state index < -0.39 is 0 Å². The Balaban J connectivity index is 3.18. The molecule has 1 aromatic rings. The molecule has 0 spiro atoms. The molecule has 0 aliphatic heterocycles. The monoisotopic (exact) mass is 304 g/mol. The molecule has 0 fully saturated rings. The van der Waals surface area contributed by atoms with Gasteiger partial charge >= 0.3 is 0 Å². The molecule has 0 N–H and O–H groups in total. The van der Waals surface area contributed by atoms with E-state index in [0.717, 1.165) is 27.4 Å². The summed E-state index contributed by atoms with van der Waals surface area (Å²) >= 11 is 6.72. The van der Waals surface area contributed by atoms with Crippen molar-refractivity contribution in [2.24, 2.45) is 0 Å².